The van der Waals surface area contributed by atoms with Gasteiger partial charge < -0.3 is 0 Å². The predicted molar refractivity (Wildman–Crippen MR) is 58.0 cm³/mol. The van der Waals surface area contributed by atoms with Gasteiger partial charge in [-0.1, -0.05) is 0 Å². The molecule has 0 N–H and O–H groups in total. The molecule has 0 unspecified atom stereocenters. The second-order valence-electron chi connectivity index (χ2n) is 2.41. The molecule has 0 fully saturated rings. The first-order valence-electron chi connectivity index (χ1n) is 3.76. The topological polar surface area (TPSA) is 38.7 Å². The van der Waals surface area contributed by atoms with Crippen molar-refractivity contribution in [2.75, 3.05) is 0 Å². The SMILES string of the molecule is Ic1cccnc1-c1ncccn1. The van der Waals surface area contributed by atoms with E-state index in [0.29, 0.717) is 5.82 Å². The van der Waals surface area contributed by atoms with Gasteiger partial charge in [0, 0.05) is 22.2 Å². The maximum Gasteiger partial charge on any atom is 0.179 e. The van der Waals surface area contributed by atoms with E-state index in [2.05, 4.69) is 37.5 Å². The van der Waals surface area contributed by atoms with E-state index in [4.69, 9.17) is 0 Å². The van der Waals surface area contributed by atoms with E-state index < -0.39 is 0 Å². The average Bonchev–Trinajstić information content (AvgIpc) is 2.20. The van der Waals surface area contributed by atoms with Gasteiger partial charge in [0.05, 0.1) is 0 Å². The third-order valence-corrected chi connectivity index (χ3v) is 2.41. The van der Waals surface area contributed by atoms with E-state index in [1.807, 2.05) is 12.1 Å². The molecule has 0 atom stereocenters. The zero-order valence-corrected chi connectivity index (χ0v) is 8.84. The van der Waals surface area contributed by atoms with Crippen LogP contribution in [-0.2, 0) is 0 Å². The van der Waals surface area contributed by atoms with Crippen molar-refractivity contribution in [3.8, 4) is 11.5 Å². The standard InChI is InChI=1S/C9H6IN3/c10-7-3-1-4-11-8(7)9-12-5-2-6-13-9/h1-6H. The Kier molecular flexibility index (Phi) is 2.49. The molecule has 2 aromatic rings. The Hall–Kier alpha value is -1.04. The van der Waals surface area contributed by atoms with Crippen LogP contribution in [0.5, 0.6) is 0 Å². The largest absolute Gasteiger partial charge is 0.252 e. The van der Waals surface area contributed by atoms with Crippen molar-refractivity contribution in [3.63, 3.8) is 0 Å². The van der Waals surface area contributed by atoms with Gasteiger partial charge >= 0.3 is 0 Å². The molecule has 0 aliphatic heterocycles. The molecule has 0 saturated heterocycles. The summed E-state index contributed by atoms with van der Waals surface area (Å²) < 4.78 is 1.06. The Balaban J connectivity index is 2.54. The van der Waals surface area contributed by atoms with Crippen molar-refractivity contribution in [2.24, 2.45) is 0 Å². The van der Waals surface area contributed by atoms with Crippen molar-refractivity contribution >= 4 is 22.6 Å². The van der Waals surface area contributed by atoms with Gasteiger partial charge in [-0.25, -0.2) is 9.97 Å². The fourth-order valence-electron chi connectivity index (χ4n) is 0.972. The van der Waals surface area contributed by atoms with Crippen molar-refractivity contribution in [2.45, 2.75) is 0 Å². The first-order valence-corrected chi connectivity index (χ1v) is 4.84. The number of aromatic nitrogens is 3. The molecule has 0 radical (unpaired) electrons. The lowest BCUT2D eigenvalue weighted by Gasteiger charge is -1.99. The molecule has 0 spiro atoms. The summed E-state index contributed by atoms with van der Waals surface area (Å²) in [4.78, 5) is 12.5. The maximum absolute atomic E-state index is 4.22. The fraction of sp³-hybridized carbons (Fsp3) is 0. The summed E-state index contributed by atoms with van der Waals surface area (Å²) in [5.74, 6) is 0.674. The zero-order valence-electron chi connectivity index (χ0n) is 6.68. The van der Waals surface area contributed by atoms with Crippen LogP contribution in [-0.4, -0.2) is 15.0 Å². The first kappa shape index (κ1) is 8.55. The second kappa shape index (κ2) is 3.78. The number of hydrogen-bond donors (Lipinski definition) is 0. The highest BCUT2D eigenvalue weighted by atomic mass is 127. The van der Waals surface area contributed by atoms with E-state index in [9.17, 15) is 0 Å². The van der Waals surface area contributed by atoms with Crippen LogP contribution in [0.1, 0.15) is 0 Å². The highest BCUT2D eigenvalue weighted by Gasteiger charge is 2.04. The third kappa shape index (κ3) is 1.82. The molecule has 13 heavy (non-hydrogen) atoms. The lowest BCUT2D eigenvalue weighted by molar-refractivity contribution is 1.13. The highest BCUT2D eigenvalue weighted by Crippen LogP contribution is 2.17. The van der Waals surface area contributed by atoms with Crippen molar-refractivity contribution in [1.29, 1.82) is 0 Å². The van der Waals surface area contributed by atoms with Crippen LogP contribution in [0, 0.1) is 3.57 Å². The third-order valence-electron chi connectivity index (χ3n) is 1.54. The molecule has 2 heterocycles. The van der Waals surface area contributed by atoms with Crippen LogP contribution in [0.3, 0.4) is 0 Å². The van der Waals surface area contributed by atoms with Gasteiger partial charge in [-0.3, -0.25) is 4.98 Å². The summed E-state index contributed by atoms with van der Waals surface area (Å²) in [5.41, 5.74) is 0.837. The lowest BCUT2D eigenvalue weighted by Crippen LogP contribution is -1.92. The Morgan fingerprint density at radius 3 is 2.31 bits per heavy atom. The van der Waals surface area contributed by atoms with Crippen LogP contribution < -0.4 is 0 Å². The molecule has 3 nitrogen and oxygen atoms in total. The van der Waals surface area contributed by atoms with Crippen LogP contribution in [0.15, 0.2) is 36.8 Å². The van der Waals surface area contributed by atoms with Gasteiger partial charge in [0.25, 0.3) is 0 Å². The van der Waals surface area contributed by atoms with Crippen molar-refractivity contribution < 1.29 is 0 Å². The van der Waals surface area contributed by atoms with E-state index in [0.717, 1.165) is 9.26 Å². The van der Waals surface area contributed by atoms with E-state index in [-0.39, 0.29) is 0 Å². The minimum atomic E-state index is 0.674. The van der Waals surface area contributed by atoms with Gasteiger partial charge in [-0.2, -0.15) is 0 Å². The Morgan fingerprint density at radius 1 is 0.923 bits per heavy atom. The van der Waals surface area contributed by atoms with Crippen LogP contribution in [0.25, 0.3) is 11.5 Å². The summed E-state index contributed by atoms with van der Waals surface area (Å²) >= 11 is 2.22. The molecule has 0 aliphatic carbocycles. The number of halogens is 1. The van der Waals surface area contributed by atoms with Crippen LogP contribution >= 0.6 is 22.6 Å². The van der Waals surface area contributed by atoms with E-state index in [1.54, 1.807) is 24.7 Å². The van der Waals surface area contributed by atoms with Crippen LogP contribution in [0.4, 0.5) is 0 Å². The first-order chi connectivity index (χ1) is 6.38. The Labute approximate surface area is 89.4 Å². The number of pyridine rings is 1. The summed E-state index contributed by atoms with van der Waals surface area (Å²) in [5, 5.41) is 0. The fourth-order valence-corrected chi connectivity index (χ4v) is 1.56. The molecule has 0 amide bonds. The van der Waals surface area contributed by atoms with Gasteiger partial charge in [-0.05, 0) is 40.8 Å². The molecule has 0 aromatic carbocycles. The minimum Gasteiger partial charge on any atom is -0.252 e. The molecule has 4 heteroatoms. The molecule has 2 rings (SSSR count). The van der Waals surface area contributed by atoms with Crippen molar-refractivity contribution in [1.82, 2.24) is 15.0 Å². The molecule has 0 aliphatic rings. The normalized spacial score (nSPS) is 9.92. The van der Waals surface area contributed by atoms with Crippen LogP contribution in [0.2, 0.25) is 0 Å². The quantitative estimate of drug-likeness (QED) is 0.753. The zero-order chi connectivity index (χ0) is 9.10. The number of nitrogens with zero attached hydrogens (tertiary/aromatic N) is 3. The van der Waals surface area contributed by atoms with E-state index in [1.165, 1.54) is 0 Å². The molecule has 2 aromatic heterocycles. The lowest BCUT2D eigenvalue weighted by atomic mass is 10.3. The number of rotatable bonds is 1. The van der Waals surface area contributed by atoms with E-state index >= 15 is 0 Å². The van der Waals surface area contributed by atoms with Gasteiger partial charge in [0.15, 0.2) is 5.82 Å². The Bertz CT molecular complexity index is 403. The summed E-state index contributed by atoms with van der Waals surface area (Å²) in [6.07, 6.45) is 5.17. The van der Waals surface area contributed by atoms with Crippen molar-refractivity contribution in [3.05, 3.63) is 40.4 Å². The smallest absolute Gasteiger partial charge is 0.179 e. The maximum atomic E-state index is 4.22. The Morgan fingerprint density at radius 2 is 1.62 bits per heavy atom. The molecule has 0 saturated carbocycles. The van der Waals surface area contributed by atoms with Gasteiger partial charge in [-0.15, -0.1) is 0 Å². The number of hydrogen-bond acceptors (Lipinski definition) is 3. The van der Waals surface area contributed by atoms with Gasteiger partial charge in [0.1, 0.15) is 5.69 Å². The monoisotopic (exact) mass is 283 g/mol. The minimum absolute atomic E-state index is 0.674. The summed E-state index contributed by atoms with van der Waals surface area (Å²) in [7, 11) is 0. The molecular weight excluding hydrogens is 277 g/mol. The summed E-state index contributed by atoms with van der Waals surface area (Å²) in [6.45, 7) is 0. The average molecular weight is 283 g/mol. The predicted octanol–water partition coefficient (Wildman–Crippen LogP) is 2.14. The molecular formula is C9H6IN3. The molecule has 64 valence electrons. The molecule has 0 bridgehead atoms. The van der Waals surface area contributed by atoms with Gasteiger partial charge in [0.2, 0.25) is 0 Å². The summed E-state index contributed by atoms with van der Waals surface area (Å²) in [6, 6.07) is 5.67. The highest BCUT2D eigenvalue weighted by molar-refractivity contribution is 14.1. The second-order valence-corrected chi connectivity index (χ2v) is 3.57.